The minimum absolute atomic E-state index is 0.299. The molecule has 1 aliphatic rings. The molecule has 0 fully saturated rings. The monoisotopic (exact) mass is 280 g/mol. The van der Waals surface area contributed by atoms with Crippen molar-refractivity contribution in [1.82, 2.24) is 0 Å². The summed E-state index contributed by atoms with van der Waals surface area (Å²) in [5, 5.41) is 2.94. The van der Waals surface area contributed by atoms with E-state index in [4.69, 9.17) is 10.5 Å². The standard InChI is InChI=1S/C14H11F3N2O/c15-14(16,17)9-2-4-12-11(6-9)19-10-3-1-8(7-18)5-13(10)20-12/h1-6,19H,7,18H2. The van der Waals surface area contributed by atoms with Crippen molar-refractivity contribution < 1.29 is 17.9 Å². The fourth-order valence-corrected chi connectivity index (χ4v) is 2.04. The fourth-order valence-electron chi connectivity index (χ4n) is 2.04. The molecule has 3 rings (SSSR count). The Bertz CT molecular complexity index is 668. The van der Waals surface area contributed by atoms with Crippen molar-refractivity contribution in [3.63, 3.8) is 0 Å². The first-order valence-electron chi connectivity index (χ1n) is 5.96. The molecule has 0 saturated heterocycles. The molecule has 0 saturated carbocycles. The second kappa shape index (κ2) is 4.42. The molecule has 104 valence electrons. The van der Waals surface area contributed by atoms with Gasteiger partial charge in [-0.25, -0.2) is 0 Å². The lowest BCUT2D eigenvalue weighted by Gasteiger charge is -2.23. The number of fused-ring (bicyclic) bond motifs is 2. The molecule has 20 heavy (non-hydrogen) atoms. The first-order chi connectivity index (χ1) is 9.47. The second-order valence-corrected chi connectivity index (χ2v) is 4.47. The number of nitrogens with one attached hydrogen (secondary N) is 1. The summed E-state index contributed by atoms with van der Waals surface area (Å²) in [4.78, 5) is 0. The third kappa shape index (κ3) is 2.18. The third-order valence-electron chi connectivity index (χ3n) is 3.08. The van der Waals surface area contributed by atoms with Gasteiger partial charge in [0.05, 0.1) is 16.9 Å². The SMILES string of the molecule is NCc1ccc2c(c1)Oc1ccc(C(F)(F)F)cc1N2. The molecule has 0 radical (unpaired) electrons. The highest BCUT2D eigenvalue weighted by Crippen LogP contribution is 2.44. The number of benzene rings is 2. The molecule has 0 unspecified atom stereocenters. The zero-order chi connectivity index (χ0) is 14.3. The summed E-state index contributed by atoms with van der Waals surface area (Å²) < 4.78 is 43.6. The van der Waals surface area contributed by atoms with Gasteiger partial charge >= 0.3 is 6.18 Å². The highest BCUT2D eigenvalue weighted by molar-refractivity contribution is 5.76. The zero-order valence-electron chi connectivity index (χ0n) is 10.3. The molecule has 0 atom stereocenters. The topological polar surface area (TPSA) is 47.3 Å². The summed E-state index contributed by atoms with van der Waals surface area (Å²) in [7, 11) is 0. The molecule has 3 nitrogen and oxygen atoms in total. The van der Waals surface area contributed by atoms with Crippen LogP contribution in [0.2, 0.25) is 0 Å². The van der Waals surface area contributed by atoms with Crippen LogP contribution in [0.25, 0.3) is 0 Å². The third-order valence-corrected chi connectivity index (χ3v) is 3.08. The minimum atomic E-state index is -4.37. The Morgan fingerprint density at radius 2 is 1.80 bits per heavy atom. The van der Waals surface area contributed by atoms with Crippen LogP contribution in [0, 0.1) is 0 Å². The van der Waals surface area contributed by atoms with Gasteiger partial charge in [0, 0.05) is 6.54 Å². The zero-order valence-corrected chi connectivity index (χ0v) is 10.3. The van der Waals surface area contributed by atoms with Gasteiger partial charge in [-0.2, -0.15) is 13.2 Å². The van der Waals surface area contributed by atoms with E-state index < -0.39 is 11.7 Å². The summed E-state index contributed by atoms with van der Waals surface area (Å²) in [6.07, 6.45) is -4.37. The van der Waals surface area contributed by atoms with Crippen LogP contribution >= 0.6 is 0 Å². The quantitative estimate of drug-likeness (QED) is 0.708. The number of hydrogen-bond donors (Lipinski definition) is 2. The number of anilines is 2. The molecule has 0 amide bonds. The predicted molar refractivity (Wildman–Crippen MR) is 69.1 cm³/mol. The number of nitrogens with two attached hydrogens (primary N) is 1. The van der Waals surface area contributed by atoms with Gasteiger partial charge in [0.25, 0.3) is 0 Å². The van der Waals surface area contributed by atoms with Crippen molar-refractivity contribution in [3.8, 4) is 11.5 Å². The Morgan fingerprint density at radius 1 is 1.00 bits per heavy atom. The van der Waals surface area contributed by atoms with Crippen molar-refractivity contribution >= 4 is 11.4 Å². The maximum absolute atomic E-state index is 12.7. The Morgan fingerprint density at radius 3 is 2.50 bits per heavy atom. The van der Waals surface area contributed by atoms with E-state index in [0.717, 1.165) is 17.7 Å². The molecule has 2 aromatic rings. The van der Waals surface area contributed by atoms with Crippen LogP contribution in [0.1, 0.15) is 11.1 Å². The van der Waals surface area contributed by atoms with Crippen LogP contribution < -0.4 is 15.8 Å². The molecular weight excluding hydrogens is 269 g/mol. The number of alkyl halides is 3. The minimum Gasteiger partial charge on any atom is -0.453 e. The lowest BCUT2D eigenvalue weighted by atomic mass is 10.1. The molecular formula is C14H11F3N2O. The average Bonchev–Trinajstić information content (AvgIpc) is 2.42. The maximum atomic E-state index is 12.7. The number of halogens is 3. The Labute approximate surface area is 113 Å². The summed E-state index contributed by atoms with van der Waals surface area (Å²) in [6, 6.07) is 8.65. The van der Waals surface area contributed by atoms with Crippen LogP contribution in [0.3, 0.4) is 0 Å². The van der Waals surface area contributed by atoms with Crippen LogP contribution in [-0.2, 0) is 12.7 Å². The van der Waals surface area contributed by atoms with Crippen molar-refractivity contribution in [3.05, 3.63) is 47.5 Å². The maximum Gasteiger partial charge on any atom is 0.416 e. The van der Waals surface area contributed by atoms with Gasteiger partial charge in [-0.1, -0.05) is 6.07 Å². The van der Waals surface area contributed by atoms with E-state index in [1.54, 1.807) is 18.2 Å². The molecule has 1 heterocycles. The van der Waals surface area contributed by atoms with Gasteiger partial charge in [0.15, 0.2) is 11.5 Å². The molecule has 0 aromatic heterocycles. The van der Waals surface area contributed by atoms with Crippen molar-refractivity contribution in [2.75, 3.05) is 5.32 Å². The van der Waals surface area contributed by atoms with E-state index in [1.807, 2.05) is 0 Å². The van der Waals surface area contributed by atoms with Gasteiger partial charge in [-0.05, 0) is 35.9 Å². The van der Waals surface area contributed by atoms with Crippen molar-refractivity contribution in [1.29, 1.82) is 0 Å². The molecule has 3 N–H and O–H groups in total. The van der Waals surface area contributed by atoms with E-state index in [2.05, 4.69) is 5.32 Å². The van der Waals surface area contributed by atoms with Gasteiger partial charge in [0.2, 0.25) is 0 Å². The Hall–Kier alpha value is -2.21. The highest BCUT2D eigenvalue weighted by Gasteiger charge is 2.32. The van der Waals surface area contributed by atoms with Gasteiger partial charge in [-0.3, -0.25) is 0 Å². The average molecular weight is 280 g/mol. The Balaban J connectivity index is 1.99. The van der Waals surface area contributed by atoms with Crippen LogP contribution in [0.5, 0.6) is 11.5 Å². The largest absolute Gasteiger partial charge is 0.453 e. The van der Waals surface area contributed by atoms with E-state index in [0.29, 0.717) is 29.4 Å². The van der Waals surface area contributed by atoms with Crippen molar-refractivity contribution in [2.45, 2.75) is 12.7 Å². The second-order valence-electron chi connectivity index (χ2n) is 4.47. The Kier molecular flexibility index (Phi) is 2.83. The lowest BCUT2D eigenvalue weighted by molar-refractivity contribution is -0.137. The molecule has 0 bridgehead atoms. The lowest BCUT2D eigenvalue weighted by Crippen LogP contribution is -2.09. The summed E-state index contributed by atoms with van der Waals surface area (Å²) >= 11 is 0. The van der Waals surface area contributed by atoms with Crippen molar-refractivity contribution in [2.24, 2.45) is 5.73 Å². The van der Waals surface area contributed by atoms with Gasteiger partial charge in [0.1, 0.15) is 0 Å². The van der Waals surface area contributed by atoms with Gasteiger partial charge < -0.3 is 15.8 Å². The van der Waals surface area contributed by atoms with Gasteiger partial charge in [-0.15, -0.1) is 0 Å². The molecule has 0 aliphatic carbocycles. The predicted octanol–water partition coefficient (Wildman–Crippen LogP) is 4.01. The van der Waals surface area contributed by atoms with Crippen LogP contribution in [-0.4, -0.2) is 0 Å². The smallest absolute Gasteiger partial charge is 0.416 e. The fraction of sp³-hybridized carbons (Fsp3) is 0.143. The number of ether oxygens (including phenoxy) is 1. The molecule has 6 heteroatoms. The highest BCUT2D eigenvalue weighted by atomic mass is 19.4. The summed E-state index contributed by atoms with van der Waals surface area (Å²) in [6.45, 7) is 0.372. The summed E-state index contributed by atoms with van der Waals surface area (Å²) in [5.74, 6) is 0.917. The van der Waals surface area contributed by atoms with E-state index in [9.17, 15) is 13.2 Å². The van der Waals surface area contributed by atoms with E-state index >= 15 is 0 Å². The molecule has 2 aromatic carbocycles. The van der Waals surface area contributed by atoms with E-state index in [1.165, 1.54) is 6.07 Å². The molecule has 0 spiro atoms. The first-order valence-corrected chi connectivity index (χ1v) is 5.96. The normalized spacial score (nSPS) is 13.0. The van der Waals surface area contributed by atoms with Crippen LogP contribution in [0.4, 0.5) is 24.5 Å². The number of rotatable bonds is 1. The first kappa shape index (κ1) is 12.8. The molecule has 1 aliphatic heterocycles. The summed E-state index contributed by atoms with van der Waals surface area (Å²) in [5.41, 5.74) is 6.64. The van der Waals surface area contributed by atoms with E-state index in [-0.39, 0.29) is 0 Å². The van der Waals surface area contributed by atoms with Crippen LogP contribution in [0.15, 0.2) is 36.4 Å². The number of hydrogen-bond acceptors (Lipinski definition) is 3.